The van der Waals surface area contributed by atoms with E-state index in [1.54, 1.807) is 6.07 Å². The van der Waals surface area contributed by atoms with Gasteiger partial charge in [-0.2, -0.15) is 0 Å². The van der Waals surface area contributed by atoms with Crippen molar-refractivity contribution in [3.8, 4) is 33.6 Å². The van der Waals surface area contributed by atoms with E-state index in [-0.39, 0.29) is 11.7 Å². The highest BCUT2D eigenvalue weighted by molar-refractivity contribution is 7.09. The van der Waals surface area contributed by atoms with E-state index in [1.165, 1.54) is 11.5 Å². The third kappa shape index (κ3) is 5.45. The molecule has 7 nitrogen and oxygen atoms in total. The molecule has 1 N–H and O–H groups in total. The number of pyridine rings is 1. The number of rotatable bonds is 10. The molecule has 2 heterocycles. The monoisotopic (exact) mass is 504 g/mol. The molecule has 0 unspecified atom stereocenters. The van der Waals surface area contributed by atoms with Gasteiger partial charge in [0, 0.05) is 24.3 Å². The van der Waals surface area contributed by atoms with Crippen molar-refractivity contribution in [1.29, 1.82) is 0 Å². The van der Waals surface area contributed by atoms with Gasteiger partial charge >= 0.3 is 0 Å². The van der Waals surface area contributed by atoms with Crippen LogP contribution in [-0.4, -0.2) is 29.2 Å². The predicted octanol–water partition coefficient (Wildman–Crippen LogP) is 6.08. The molecule has 36 heavy (non-hydrogen) atoms. The molecule has 1 aliphatic carbocycles. The first-order valence-corrected chi connectivity index (χ1v) is 12.9. The van der Waals surface area contributed by atoms with Crippen molar-refractivity contribution in [2.75, 3.05) is 19.8 Å². The Kier molecular flexibility index (Phi) is 7.34. The van der Waals surface area contributed by atoms with E-state index in [0.717, 1.165) is 51.6 Å². The summed E-state index contributed by atoms with van der Waals surface area (Å²) in [5.74, 6) is 2.88. The van der Waals surface area contributed by atoms with Crippen LogP contribution in [0.1, 0.15) is 36.3 Å². The number of aryl methyl sites for hydroxylation is 1. The second-order valence-electron chi connectivity index (χ2n) is 8.45. The average molecular weight is 505 g/mol. The number of ether oxygens (including phenoxy) is 4. The van der Waals surface area contributed by atoms with Gasteiger partial charge in [-0.3, -0.25) is 9.17 Å². The summed E-state index contributed by atoms with van der Waals surface area (Å²) >= 11 is 1.33. The number of aromatic nitrogens is 2. The zero-order chi connectivity index (χ0) is 24.9. The minimum absolute atomic E-state index is 0.0435. The molecule has 0 saturated heterocycles. The Bertz CT molecular complexity index is 1380. The molecule has 1 atom stereocenters. The number of nitrogens with one attached hydrogen (secondary N) is 1. The molecule has 8 heteroatoms. The zero-order valence-electron chi connectivity index (χ0n) is 20.3. The second kappa shape index (κ2) is 11.0. The largest absolute Gasteiger partial charge is 0.486 e. The minimum Gasteiger partial charge on any atom is -0.486 e. The lowest BCUT2D eigenvalue weighted by molar-refractivity contribution is 0.108. The van der Waals surface area contributed by atoms with E-state index >= 15 is 0 Å². The highest BCUT2D eigenvalue weighted by Crippen LogP contribution is 2.41. The number of H-pyrrole nitrogens is 1. The number of fused-ring (bicyclic) bond motifs is 1. The van der Waals surface area contributed by atoms with Crippen LogP contribution < -0.4 is 19.8 Å². The van der Waals surface area contributed by atoms with E-state index in [9.17, 15) is 4.79 Å². The van der Waals surface area contributed by atoms with Crippen molar-refractivity contribution in [3.05, 3.63) is 87.8 Å². The SMILES string of the molecule is CCOCCOc1ccc(Oc2cccc3c2CC[C@H]3Oc2ccc(-c3cc(=O)[nH]s3)cc2)c(C)n1. The van der Waals surface area contributed by atoms with Crippen LogP contribution in [0.3, 0.4) is 0 Å². The first kappa shape index (κ1) is 24.1. The Morgan fingerprint density at radius 2 is 1.92 bits per heavy atom. The van der Waals surface area contributed by atoms with Gasteiger partial charge in [-0.05, 0) is 74.2 Å². The Labute approximate surface area is 213 Å². The molecule has 0 radical (unpaired) electrons. The van der Waals surface area contributed by atoms with Crippen LogP contribution in [-0.2, 0) is 11.2 Å². The smallest absolute Gasteiger partial charge is 0.258 e. The van der Waals surface area contributed by atoms with Crippen molar-refractivity contribution < 1.29 is 18.9 Å². The van der Waals surface area contributed by atoms with Gasteiger partial charge in [0.15, 0.2) is 0 Å². The van der Waals surface area contributed by atoms with Gasteiger partial charge in [0.2, 0.25) is 5.88 Å². The van der Waals surface area contributed by atoms with Crippen molar-refractivity contribution >= 4 is 11.5 Å². The highest BCUT2D eigenvalue weighted by atomic mass is 32.1. The summed E-state index contributed by atoms with van der Waals surface area (Å²) in [5, 5.41) is 0. The minimum atomic E-state index is -0.0799. The quantitative estimate of drug-likeness (QED) is 0.264. The number of hydrogen-bond donors (Lipinski definition) is 1. The molecule has 0 bridgehead atoms. The molecule has 0 spiro atoms. The standard InChI is InChI=1S/C28H28N2O5S/c1-3-32-15-16-33-28-14-13-23(18(2)29-28)35-24-6-4-5-21-22(24)11-12-25(21)34-20-9-7-19(8-10-20)26-17-27(31)30-36-26/h4-10,13-14,17,25H,3,11-12,15-16H2,1-2H3,(H,30,31)/t25-/m1/s1. The van der Waals surface area contributed by atoms with E-state index in [2.05, 4.69) is 15.4 Å². The van der Waals surface area contributed by atoms with Gasteiger partial charge in [0.25, 0.3) is 5.56 Å². The predicted molar refractivity (Wildman–Crippen MR) is 140 cm³/mol. The van der Waals surface area contributed by atoms with Gasteiger partial charge in [-0.15, -0.1) is 0 Å². The van der Waals surface area contributed by atoms with E-state index in [1.807, 2.05) is 62.4 Å². The first-order chi connectivity index (χ1) is 17.6. The topological polar surface area (TPSA) is 82.7 Å². The summed E-state index contributed by atoms with van der Waals surface area (Å²) in [5.41, 5.74) is 3.97. The summed E-state index contributed by atoms with van der Waals surface area (Å²) in [7, 11) is 0. The van der Waals surface area contributed by atoms with Crippen LogP contribution in [0.15, 0.2) is 65.5 Å². The van der Waals surface area contributed by atoms with Crippen LogP contribution in [0.5, 0.6) is 23.1 Å². The van der Waals surface area contributed by atoms with E-state index in [0.29, 0.717) is 31.5 Å². The van der Waals surface area contributed by atoms with Gasteiger partial charge < -0.3 is 18.9 Å². The van der Waals surface area contributed by atoms with Crippen LogP contribution in [0.25, 0.3) is 10.4 Å². The Hall–Kier alpha value is -3.62. The maximum absolute atomic E-state index is 11.4. The van der Waals surface area contributed by atoms with Gasteiger partial charge in [-0.1, -0.05) is 23.7 Å². The lowest BCUT2D eigenvalue weighted by atomic mass is 10.1. The summed E-state index contributed by atoms with van der Waals surface area (Å²) in [4.78, 5) is 16.8. The Morgan fingerprint density at radius 3 is 2.67 bits per heavy atom. The molecule has 1 aliphatic rings. The summed E-state index contributed by atoms with van der Waals surface area (Å²) in [6, 6.07) is 19.3. The second-order valence-corrected chi connectivity index (χ2v) is 9.30. The zero-order valence-corrected chi connectivity index (χ0v) is 21.1. The Morgan fingerprint density at radius 1 is 1.06 bits per heavy atom. The van der Waals surface area contributed by atoms with Crippen LogP contribution >= 0.6 is 11.5 Å². The molecule has 0 amide bonds. The fraction of sp³-hybridized carbons (Fsp3) is 0.286. The number of benzene rings is 2. The van der Waals surface area contributed by atoms with Crippen LogP contribution in [0.4, 0.5) is 0 Å². The first-order valence-electron chi connectivity index (χ1n) is 12.0. The van der Waals surface area contributed by atoms with E-state index < -0.39 is 0 Å². The molecule has 2 aromatic carbocycles. The summed E-state index contributed by atoms with van der Waals surface area (Å²) < 4.78 is 26.3. The molecule has 186 valence electrons. The van der Waals surface area contributed by atoms with Crippen LogP contribution in [0.2, 0.25) is 0 Å². The van der Waals surface area contributed by atoms with Crippen molar-refractivity contribution in [2.45, 2.75) is 32.8 Å². The van der Waals surface area contributed by atoms with Crippen molar-refractivity contribution in [3.63, 3.8) is 0 Å². The molecular weight excluding hydrogens is 476 g/mol. The molecule has 0 saturated carbocycles. The van der Waals surface area contributed by atoms with Gasteiger partial charge in [0.1, 0.15) is 30.0 Å². The van der Waals surface area contributed by atoms with Crippen molar-refractivity contribution in [2.24, 2.45) is 0 Å². The normalized spacial score (nSPS) is 14.4. The van der Waals surface area contributed by atoms with E-state index in [4.69, 9.17) is 18.9 Å². The molecule has 4 aromatic rings. The van der Waals surface area contributed by atoms with Gasteiger partial charge in [-0.25, -0.2) is 4.98 Å². The lowest BCUT2D eigenvalue weighted by Crippen LogP contribution is -2.07. The van der Waals surface area contributed by atoms with Gasteiger partial charge in [0.05, 0.1) is 17.2 Å². The summed E-state index contributed by atoms with van der Waals surface area (Å²) in [6.45, 7) is 5.54. The molecular formula is C28H28N2O5S. The maximum atomic E-state index is 11.4. The average Bonchev–Trinajstić information content (AvgIpc) is 3.51. The highest BCUT2D eigenvalue weighted by Gasteiger charge is 2.27. The Balaban J connectivity index is 1.26. The third-order valence-electron chi connectivity index (χ3n) is 6.03. The third-order valence-corrected chi connectivity index (χ3v) is 6.90. The number of hydrogen-bond acceptors (Lipinski definition) is 7. The molecule has 5 rings (SSSR count). The molecule has 2 aromatic heterocycles. The number of aromatic amines is 1. The number of nitrogens with zero attached hydrogens (tertiary/aromatic N) is 1. The fourth-order valence-corrected chi connectivity index (χ4v) is 4.96. The molecule has 0 aliphatic heterocycles. The summed E-state index contributed by atoms with van der Waals surface area (Å²) in [6.07, 6.45) is 1.70. The lowest BCUT2D eigenvalue weighted by Gasteiger charge is -2.16. The maximum Gasteiger partial charge on any atom is 0.258 e. The van der Waals surface area contributed by atoms with Crippen molar-refractivity contribution in [1.82, 2.24) is 9.36 Å². The van der Waals surface area contributed by atoms with Crippen LogP contribution in [0, 0.1) is 6.92 Å². The fourth-order valence-electron chi connectivity index (χ4n) is 4.27. The molecule has 0 fully saturated rings.